The Morgan fingerprint density at radius 1 is 1.21 bits per heavy atom. The monoisotopic (exact) mass is 404 g/mol. The molecule has 0 fully saturated rings. The zero-order valence-electron chi connectivity index (χ0n) is 12.5. The van der Waals surface area contributed by atoms with Crippen molar-refractivity contribution in [1.82, 2.24) is 20.5 Å². The molecule has 3 rings (SSSR count). The number of hydrogen-bond donors (Lipinski definition) is 1. The van der Waals surface area contributed by atoms with Crippen molar-refractivity contribution < 1.29 is 9.21 Å². The second kappa shape index (κ2) is 8.07. The van der Waals surface area contributed by atoms with Crippen molar-refractivity contribution in [3.05, 3.63) is 58.8 Å². The molecule has 0 aliphatic carbocycles. The third kappa shape index (κ3) is 4.42. The highest BCUT2D eigenvalue weighted by Gasteiger charge is 2.11. The van der Waals surface area contributed by atoms with Crippen molar-refractivity contribution in [2.45, 2.75) is 11.8 Å². The van der Waals surface area contributed by atoms with Crippen molar-refractivity contribution in [3.63, 3.8) is 0 Å². The predicted molar refractivity (Wildman–Crippen MR) is 94.2 cm³/mol. The van der Waals surface area contributed by atoms with E-state index >= 15 is 0 Å². The number of halogens is 1. The van der Waals surface area contributed by atoms with Crippen LogP contribution < -0.4 is 5.32 Å². The van der Waals surface area contributed by atoms with E-state index in [1.165, 1.54) is 11.8 Å². The zero-order chi connectivity index (χ0) is 16.8. The largest absolute Gasteiger partial charge is 0.411 e. The van der Waals surface area contributed by atoms with Crippen LogP contribution in [0.3, 0.4) is 0 Å². The van der Waals surface area contributed by atoms with Crippen LogP contribution in [0.15, 0.2) is 62.9 Å². The van der Waals surface area contributed by atoms with Crippen LogP contribution in [0.5, 0.6) is 0 Å². The average molecular weight is 405 g/mol. The number of carbonyl (C=O) groups excluding carboxylic acids is 1. The van der Waals surface area contributed by atoms with Crippen LogP contribution >= 0.6 is 27.7 Å². The lowest BCUT2D eigenvalue weighted by molar-refractivity contribution is -0.118. The van der Waals surface area contributed by atoms with Crippen LogP contribution in [-0.4, -0.2) is 26.8 Å². The molecule has 1 amide bonds. The molecule has 0 aliphatic heterocycles. The molecule has 1 N–H and O–H groups in total. The molecule has 24 heavy (non-hydrogen) atoms. The predicted octanol–water partition coefficient (Wildman–Crippen LogP) is 3.30. The number of pyridine rings is 1. The lowest BCUT2D eigenvalue weighted by Gasteiger charge is -2.06. The molecule has 0 bridgehead atoms. The smallest absolute Gasteiger partial charge is 0.277 e. The molecule has 0 saturated carbocycles. The molecule has 0 saturated heterocycles. The first-order chi connectivity index (χ1) is 11.7. The zero-order valence-corrected chi connectivity index (χ0v) is 14.9. The normalized spacial score (nSPS) is 10.5. The van der Waals surface area contributed by atoms with E-state index in [1.807, 2.05) is 30.3 Å². The van der Waals surface area contributed by atoms with E-state index in [9.17, 15) is 4.79 Å². The number of carbonyl (C=O) groups is 1. The van der Waals surface area contributed by atoms with E-state index in [1.54, 1.807) is 18.5 Å². The van der Waals surface area contributed by atoms with Gasteiger partial charge in [-0.15, -0.1) is 10.2 Å². The van der Waals surface area contributed by atoms with E-state index in [0.717, 1.165) is 15.6 Å². The van der Waals surface area contributed by atoms with E-state index in [0.29, 0.717) is 17.7 Å². The lowest BCUT2D eigenvalue weighted by Crippen LogP contribution is -2.24. The molecule has 2 heterocycles. The maximum absolute atomic E-state index is 11.9. The van der Waals surface area contributed by atoms with Gasteiger partial charge in [0.05, 0.1) is 11.3 Å². The Morgan fingerprint density at radius 3 is 2.88 bits per heavy atom. The van der Waals surface area contributed by atoms with Gasteiger partial charge in [-0.2, -0.15) is 0 Å². The van der Waals surface area contributed by atoms with Crippen LogP contribution in [0.4, 0.5) is 0 Å². The summed E-state index contributed by atoms with van der Waals surface area (Å²) in [6.45, 7) is 0.464. The summed E-state index contributed by atoms with van der Waals surface area (Å²) in [6.07, 6.45) is 3.32. The van der Waals surface area contributed by atoms with Crippen LogP contribution in [0, 0.1) is 0 Å². The minimum atomic E-state index is -0.100. The summed E-state index contributed by atoms with van der Waals surface area (Å²) < 4.78 is 6.48. The van der Waals surface area contributed by atoms with Gasteiger partial charge < -0.3 is 9.73 Å². The molecule has 0 unspecified atom stereocenters. The minimum absolute atomic E-state index is 0.100. The summed E-state index contributed by atoms with van der Waals surface area (Å²) in [5, 5.41) is 11.1. The molecule has 0 radical (unpaired) electrons. The van der Waals surface area contributed by atoms with Gasteiger partial charge in [0.25, 0.3) is 5.22 Å². The van der Waals surface area contributed by atoms with Crippen LogP contribution in [0.25, 0.3) is 11.5 Å². The second-order valence-electron chi connectivity index (χ2n) is 4.77. The maximum atomic E-state index is 11.9. The Labute approximate surface area is 151 Å². The van der Waals surface area contributed by atoms with Gasteiger partial charge in [-0.3, -0.25) is 9.78 Å². The summed E-state index contributed by atoms with van der Waals surface area (Å²) in [5.41, 5.74) is 1.77. The minimum Gasteiger partial charge on any atom is -0.411 e. The Bertz CT molecular complexity index is 826. The highest BCUT2D eigenvalue weighted by molar-refractivity contribution is 9.10. The Morgan fingerprint density at radius 2 is 2.08 bits per heavy atom. The summed E-state index contributed by atoms with van der Waals surface area (Å²) >= 11 is 4.65. The quantitative estimate of drug-likeness (QED) is 0.634. The number of rotatable bonds is 6. The molecular weight excluding hydrogens is 392 g/mol. The first-order valence-corrected chi connectivity index (χ1v) is 8.87. The molecule has 2 aromatic heterocycles. The lowest BCUT2D eigenvalue weighted by atomic mass is 10.2. The Kier molecular flexibility index (Phi) is 5.60. The van der Waals surface area contributed by atoms with Crippen molar-refractivity contribution in [3.8, 4) is 11.5 Å². The molecule has 0 spiro atoms. The van der Waals surface area contributed by atoms with Gasteiger partial charge in [-0.1, -0.05) is 45.9 Å². The molecule has 8 heteroatoms. The fraction of sp³-hybridized carbons (Fsp3) is 0.125. The van der Waals surface area contributed by atoms with Crippen molar-refractivity contribution in [1.29, 1.82) is 0 Å². The number of thioether (sulfide) groups is 1. The second-order valence-corrected chi connectivity index (χ2v) is 6.55. The highest BCUT2D eigenvalue weighted by atomic mass is 79.9. The van der Waals surface area contributed by atoms with Gasteiger partial charge in [-0.05, 0) is 23.8 Å². The molecule has 0 aliphatic rings. The van der Waals surface area contributed by atoms with Gasteiger partial charge in [0.2, 0.25) is 11.8 Å². The molecule has 0 atom stereocenters. The number of nitrogens with one attached hydrogen (secondary N) is 1. The average Bonchev–Trinajstić information content (AvgIpc) is 3.09. The summed E-state index contributed by atoms with van der Waals surface area (Å²) in [6, 6.07) is 11.4. The van der Waals surface area contributed by atoms with Crippen LogP contribution in [0.1, 0.15) is 5.56 Å². The summed E-state index contributed by atoms with van der Waals surface area (Å²) in [4.78, 5) is 15.9. The number of nitrogens with zero attached hydrogens (tertiary/aromatic N) is 3. The van der Waals surface area contributed by atoms with Gasteiger partial charge in [0.15, 0.2) is 0 Å². The van der Waals surface area contributed by atoms with Gasteiger partial charge in [-0.25, -0.2) is 0 Å². The van der Waals surface area contributed by atoms with Gasteiger partial charge in [0.1, 0.15) is 0 Å². The number of amides is 1. The van der Waals surface area contributed by atoms with Crippen LogP contribution in [-0.2, 0) is 11.3 Å². The molecule has 122 valence electrons. The highest BCUT2D eigenvalue weighted by Crippen LogP contribution is 2.22. The fourth-order valence-electron chi connectivity index (χ4n) is 1.89. The Balaban J connectivity index is 1.50. The molecule has 1 aromatic carbocycles. The first-order valence-electron chi connectivity index (χ1n) is 7.09. The third-order valence-electron chi connectivity index (χ3n) is 3.08. The third-order valence-corrected chi connectivity index (χ3v) is 4.67. The first kappa shape index (κ1) is 16.7. The van der Waals surface area contributed by atoms with E-state index < -0.39 is 0 Å². The summed E-state index contributed by atoms with van der Waals surface area (Å²) in [5.74, 6) is 0.496. The standard InChI is InChI=1S/C16H13BrN4O2S/c17-13-6-2-1-4-11(13)9-19-14(22)10-24-16-21-20-15(23-16)12-5-3-7-18-8-12/h1-8H,9-10H2,(H,19,22). The topological polar surface area (TPSA) is 80.9 Å². The van der Waals surface area contributed by atoms with E-state index in [4.69, 9.17) is 4.42 Å². The number of benzene rings is 1. The van der Waals surface area contributed by atoms with Gasteiger partial charge in [0, 0.05) is 23.4 Å². The Hall–Kier alpha value is -2.19. The summed E-state index contributed by atoms with van der Waals surface area (Å²) in [7, 11) is 0. The fourth-order valence-corrected chi connectivity index (χ4v) is 2.91. The van der Waals surface area contributed by atoms with E-state index in [2.05, 4.69) is 36.4 Å². The van der Waals surface area contributed by atoms with Gasteiger partial charge >= 0.3 is 0 Å². The molecular formula is C16H13BrN4O2S. The maximum Gasteiger partial charge on any atom is 0.277 e. The van der Waals surface area contributed by atoms with Crippen molar-refractivity contribution in [2.24, 2.45) is 0 Å². The number of hydrogen-bond acceptors (Lipinski definition) is 6. The van der Waals surface area contributed by atoms with Crippen molar-refractivity contribution in [2.75, 3.05) is 5.75 Å². The van der Waals surface area contributed by atoms with Crippen molar-refractivity contribution >= 4 is 33.6 Å². The molecule has 3 aromatic rings. The number of aromatic nitrogens is 3. The van der Waals surface area contributed by atoms with E-state index in [-0.39, 0.29) is 11.7 Å². The van der Waals surface area contributed by atoms with Crippen LogP contribution in [0.2, 0.25) is 0 Å². The molecule has 6 nitrogen and oxygen atoms in total. The SMILES string of the molecule is O=C(CSc1nnc(-c2cccnc2)o1)NCc1ccccc1Br.